The zero-order valence-electron chi connectivity index (χ0n) is 13.8. The van der Waals surface area contributed by atoms with Crippen LogP contribution in [0, 0.1) is 12.8 Å². The van der Waals surface area contributed by atoms with Gasteiger partial charge in [-0.05, 0) is 6.92 Å². The molecule has 0 unspecified atom stereocenters. The number of ether oxygens (including phenoxy) is 1. The second-order valence-corrected chi connectivity index (χ2v) is 6.03. The van der Waals surface area contributed by atoms with Gasteiger partial charge in [-0.1, -0.05) is 5.16 Å². The fraction of sp³-hybridized carbons (Fsp3) is 0.600. The molecule has 1 amide bonds. The summed E-state index contributed by atoms with van der Waals surface area (Å²) < 4.78 is 10.6. The van der Waals surface area contributed by atoms with E-state index in [4.69, 9.17) is 24.3 Å². The van der Waals surface area contributed by atoms with Crippen molar-refractivity contribution in [3.8, 4) is 0 Å². The molecule has 0 saturated carbocycles. The van der Waals surface area contributed by atoms with Crippen LogP contribution in [-0.4, -0.2) is 89.0 Å². The quantitative estimate of drug-likeness (QED) is 0.691. The number of fused-ring (bicyclic) bond motifs is 3. The van der Waals surface area contributed by atoms with Crippen molar-refractivity contribution in [3.63, 3.8) is 0 Å². The summed E-state index contributed by atoms with van der Waals surface area (Å²) in [4.78, 5) is 35.6. The van der Waals surface area contributed by atoms with Crippen LogP contribution in [0.25, 0.3) is 0 Å². The highest BCUT2D eigenvalue weighted by Gasteiger charge is 2.37. The van der Waals surface area contributed by atoms with E-state index in [2.05, 4.69) is 5.16 Å². The number of carboxylic acids is 1. The van der Waals surface area contributed by atoms with Gasteiger partial charge in [0, 0.05) is 31.6 Å². The second kappa shape index (κ2) is 8.58. The van der Waals surface area contributed by atoms with E-state index >= 15 is 0 Å². The van der Waals surface area contributed by atoms with E-state index in [-0.39, 0.29) is 36.6 Å². The summed E-state index contributed by atoms with van der Waals surface area (Å²) in [5, 5.41) is 19.7. The molecule has 2 fully saturated rings. The first-order valence-electron chi connectivity index (χ1n) is 7.78. The van der Waals surface area contributed by atoms with E-state index in [0.717, 1.165) is 0 Å². The van der Waals surface area contributed by atoms with Crippen molar-refractivity contribution in [3.05, 3.63) is 17.5 Å². The molecule has 2 N–H and O–H groups in total. The summed E-state index contributed by atoms with van der Waals surface area (Å²) in [7, 11) is 0. The number of nitrogens with zero attached hydrogens (tertiary/aromatic N) is 3. The number of amides is 1. The van der Waals surface area contributed by atoms with Gasteiger partial charge < -0.3 is 24.4 Å². The number of hydrogen-bond donors (Lipinski definition) is 2. The average Bonchev–Trinajstić information content (AvgIpc) is 2.76. The normalized spacial score (nSPS) is 23.2. The predicted octanol–water partition coefficient (Wildman–Crippen LogP) is -0.459. The van der Waals surface area contributed by atoms with E-state index in [1.807, 2.05) is 4.90 Å². The third-order valence-corrected chi connectivity index (χ3v) is 4.01. The standard InChI is InChI=1S/C14H19N3O5.CH2O2/c1-9-2-12(15-22-9)14(20)17-4-10-3-16(6-13(18)19)5-11(17)8-21-7-10;2-1-3/h2,10-11H,3-8H2,1H3,(H,18,19);1H,(H,2,3)/t10-,11-;/m0./s1. The van der Waals surface area contributed by atoms with Crippen LogP contribution in [0.1, 0.15) is 16.2 Å². The molecule has 3 heterocycles. The lowest BCUT2D eigenvalue weighted by molar-refractivity contribution is -0.138. The van der Waals surface area contributed by atoms with E-state index in [9.17, 15) is 9.59 Å². The smallest absolute Gasteiger partial charge is 0.317 e. The largest absolute Gasteiger partial charge is 0.483 e. The molecule has 10 heteroatoms. The van der Waals surface area contributed by atoms with Crippen molar-refractivity contribution < 1.29 is 33.9 Å². The van der Waals surface area contributed by atoms with Crippen LogP contribution in [-0.2, 0) is 14.3 Å². The molecule has 0 aromatic carbocycles. The van der Waals surface area contributed by atoms with Crippen LogP contribution in [0.15, 0.2) is 10.6 Å². The molecule has 1 aromatic rings. The maximum atomic E-state index is 12.7. The molecule has 3 rings (SSSR count). The summed E-state index contributed by atoms with van der Waals surface area (Å²) in [6.45, 7) is 4.07. The van der Waals surface area contributed by atoms with Crippen LogP contribution < -0.4 is 0 Å². The van der Waals surface area contributed by atoms with Crippen LogP contribution in [0.2, 0.25) is 0 Å². The van der Waals surface area contributed by atoms with Crippen LogP contribution in [0.3, 0.4) is 0 Å². The van der Waals surface area contributed by atoms with Crippen LogP contribution in [0.4, 0.5) is 0 Å². The maximum absolute atomic E-state index is 12.7. The van der Waals surface area contributed by atoms with Gasteiger partial charge in [0.05, 0.1) is 25.8 Å². The van der Waals surface area contributed by atoms with E-state index in [0.29, 0.717) is 38.6 Å². The number of carboxylic acid groups (broad SMARTS) is 2. The van der Waals surface area contributed by atoms with Gasteiger partial charge >= 0.3 is 5.97 Å². The number of carbonyl (C=O) groups is 3. The summed E-state index contributed by atoms with van der Waals surface area (Å²) in [5.74, 6) is -0.353. The van der Waals surface area contributed by atoms with Crippen LogP contribution >= 0.6 is 0 Å². The summed E-state index contributed by atoms with van der Waals surface area (Å²) in [6, 6.07) is 1.45. The lowest BCUT2D eigenvalue weighted by atomic mass is 10.1. The molecular weight excluding hydrogens is 334 g/mol. The van der Waals surface area contributed by atoms with Crippen molar-refractivity contribution in [2.24, 2.45) is 5.92 Å². The van der Waals surface area contributed by atoms with Gasteiger partial charge in [0.25, 0.3) is 12.4 Å². The maximum Gasteiger partial charge on any atom is 0.317 e. The van der Waals surface area contributed by atoms with Gasteiger partial charge in [-0.15, -0.1) is 0 Å². The minimum Gasteiger partial charge on any atom is -0.483 e. The molecule has 2 aliphatic rings. The first kappa shape index (κ1) is 18.9. The van der Waals surface area contributed by atoms with Gasteiger partial charge in [0.2, 0.25) is 0 Å². The number of aromatic nitrogens is 1. The SMILES string of the molecule is Cc1cc(C(=O)N2C[C@H]3COC[C@@H]2CN(CC(=O)O)C3)no1.O=CO. The van der Waals surface area contributed by atoms with Gasteiger partial charge in [0.1, 0.15) is 5.76 Å². The molecule has 10 nitrogen and oxygen atoms in total. The van der Waals surface area contributed by atoms with Crippen molar-refractivity contribution in [1.82, 2.24) is 15.0 Å². The molecule has 2 aliphatic heterocycles. The van der Waals surface area contributed by atoms with Gasteiger partial charge in [-0.2, -0.15) is 0 Å². The molecule has 138 valence electrons. The fourth-order valence-corrected chi connectivity index (χ4v) is 3.12. The van der Waals surface area contributed by atoms with E-state index in [1.165, 1.54) is 0 Å². The molecule has 2 bridgehead atoms. The van der Waals surface area contributed by atoms with E-state index in [1.54, 1.807) is 17.9 Å². The Morgan fingerprint density at radius 2 is 2.08 bits per heavy atom. The highest BCUT2D eigenvalue weighted by molar-refractivity contribution is 5.92. The van der Waals surface area contributed by atoms with Crippen LogP contribution in [0.5, 0.6) is 0 Å². The zero-order valence-corrected chi connectivity index (χ0v) is 13.8. The Kier molecular flexibility index (Phi) is 6.48. The minimum atomic E-state index is -0.856. The highest BCUT2D eigenvalue weighted by Crippen LogP contribution is 2.21. The molecule has 2 atom stereocenters. The second-order valence-electron chi connectivity index (χ2n) is 6.03. The summed E-state index contributed by atoms with van der Waals surface area (Å²) >= 11 is 0. The molecule has 0 spiro atoms. The van der Waals surface area contributed by atoms with Crippen molar-refractivity contribution in [1.29, 1.82) is 0 Å². The Hall–Kier alpha value is -2.46. The number of aliphatic carboxylic acids is 1. The average molecular weight is 355 g/mol. The number of hydrogen-bond acceptors (Lipinski definition) is 7. The van der Waals surface area contributed by atoms with Crippen molar-refractivity contribution in [2.45, 2.75) is 13.0 Å². The Morgan fingerprint density at radius 3 is 2.68 bits per heavy atom. The Labute approximate surface area is 143 Å². The number of aryl methyl sites for hydroxylation is 1. The zero-order chi connectivity index (χ0) is 18.4. The topological polar surface area (TPSA) is 133 Å². The molecule has 0 radical (unpaired) electrons. The molecule has 1 aromatic heterocycles. The highest BCUT2D eigenvalue weighted by atomic mass is 16.5. The van der Waals surface area contributed by atoms with Gasteiger partial charge in [-0.25, -0.2) is 0 Å². The third-order valence-electron chi connectivity index (χ3n) is 4.01. The van der Waals surface area contributed by atoms with Crippen molar-refractivity contribution >= 4 is 18.3 Å². The lowest BCUT2D eigenvalue weighted by Crippen LogP contribution is -2.47. The minimum absolute atomic E-state index is 0.0158. The first-order valence-corrected chi connectivity index (χ1v) is 7.78. The van der Waals surface area contributed by atoms with E-state index < -0.39 is 5.97 Å². The Balaban J connectivity index is 0.000000701. The predicted molar refractivity (Wildman–Crippen MR) is 83.1 cm³/mol. The Bertz CT molecular complexity index is 618. The molecule has 2 saturated heterocycles. The molecule has 0 aliphatic carbocycles. The molecule has 25 heavy (non-hydrogen) atoms. The van der Waals surface area contributed by atoms with Crippen molar-refractivity contribution in [2.75, 3.05) is 39.4 Å². The van der Waals surface area contributed by atoms with Gasteiger partial charge in [0.15, 0.2) is 5.69 Å². The monoisotopic (exact) mass is 355 g/mol. The Morgan fingerprint density at radius 1 is 1.36 bits per heavy atom. The summed E-state index contributed by atoms with van der Waals surface area (Å²) in [5.41, 5.74) is 0.287. The summed E-state index contributed by atoms with van der Waals surface area (Å²) in [6.07, 6.45) is 0. The number of carbonyl (C=O) groups excluding carboxylic acids is 1. The third kappa shape index (κ3) is 5.00. The molecular formula is C15H21N3O7. The number of rotatable bonds is 3. The fourth-order valence-electron chi connectivity index (χ4n) is 3.12. The first-order chi connectivity index (χ1) is 11.9. The van der Waals surface area contributed by atoms with Gasteiger partial charge in [-0.3, -0.25) is 19.3 Å². The lowest BCUT2D eigenvalue weighted by Gasteiger charge is -2.30.